The summed E-state index contributed by atoms with van der Waals surface area (Å²) in [7, 11) is 1.83. The Kier molecular flexibility index (Phi) is 7.46. The van der Waals surface area contributed by atoms with Gasteiger partial charge in [-0.25, -0.2) is 4.98 Å². The van der Waals surface area contributed by atoms with Gasteiger partial charge in [-0.3, -0.25) is 4.99 Å². The van der Waals surface area contributed by atoms with E-state index in [4.69, 9.17) is 0 Å². The zero-order chi connectivity index (χ0) is 18.0. The van der Waals surface area contributed by atoms with Crippen molar-refractivity contribution in [1.29, 1.82) is 0 Å². The number of aliphatic imine (C=N–C) groups is 1. The van der Waals surface area contributed by atoms with E-state index < -0.39 is 0 Å². The summed E-state index contributed by atoms with van der Waals surface area (Å²) in [5, 5.41) is 8.08. The van der Waals surface area contributed by atoms with Crippen molar-refractivity contribution in [1.82, 2.24) is 15.6 Å². The van der Waals surface area contributed by atoms with E-state index in [2.05, 4.69) is 65.6 Å². The van der Waals surface area contributed by atoms with Gasteiger partial charge in [-0.05, 0) is 37.3 Å². The van der Waals surface area contributed by atoms with Crippen LogP contribution in [0.5, 0.6) is 0 Å². The van der Waals surface area contributed by atoms with Crippen LogP contribution in [0.15, 0.2) is 29.3 Å². The van der Waals surface area contributed by atoms with E-state index in [1.54, 1.807) is 11.3 Å². The lowest BCUT2D eigenvalue weighted by atomic mass is 10.0. The Bertz CT molecular complexity index is 752. The molecule has 26 heavy (non-hydrogen) atoms. The largest absolute Gasteiger partial charge is 0.353 e. The maximum absolute atomic E-state index is 4.48. The van der Waals surface area contributed by atoms with E-state index in [0.29, 0.717) is 17.9 Å². The molecular weight excluding hydrogens is 455 g/mol. The molecule has 1 aliphatic rings. The van der Waals surface area contributed by atoms with Crippen LogP contribution in [0, 0.1) is 13.8 Å². The lowest BCUT2D eigenvalue weighted by molar-refractivity contribution is 0.791. The maximum atomic E-state index is 4.48. The van der Waals surface area contributed by atoms with Gasteiger partial charge in [0.25, 0.3) is 0 Å². The topological polar surface area (TPSA) is 49.3 Å². The molecule has 6 heteroatoms. The Morgan fingerprint density at radius 3 is 2.50 bits per heavy atom. The molecule has 0 spiro atoms. The second-order valence-corrected chi connectivity index (χ2v) is 8.37. The zero-order valence-corrected chi connectivity index (χ0v) is 19.3. The molecule has 2 atom stereocenters. The fraction of sp³-hybridized carbons (Fsp3) is 0.500. The van der Waals surface area contributed by atoms with E-state index in [0.717, 1.165) is 23.2 Å². The molecule has 1 aromatic heterocycles. The summed E-state index contributed by atoms with van der Waals surface area (Å²) in [6, 6.07) is 9.55. The molecule has 1 aromatic carbocycles. The van der Waals surface area contributed by atoms with Crippen LogP contribution in [0.4, 0.5) is 0 Å². The van der Waals surface area contributed by atoms with Crippen molar-refractivity contribution in [2.24, 2.45) is 4.99 Å². The third kappa shape index (κ3) is 5.19. The molecule has 1 heterocycles. The van der Waals surface area contributed by atoms with E-state index in [-0.39, 0.29) is 24.0 Å². The molecule has 0 aliphatic heterocycles. The van der Waals surface area contributed by atoms with Gasteiger partial charge < -0.3 is 10.6 Å². The molecule has 4 nitrogen and oxygen atoms in total. The summed E-state index contributed by atoms with van der Waals surface area (Å²) in [5.74, 6) is 2.05. The van der Waals surface area contributed by atoms with Crippen LogP contribution in [0.3, 0.4) is 0 Å². The van der Waals surface area contributed by atoms with Crippen LogP contribution in [0.1, 0.15) is 58.8 Å². The summed E-state index contributed by atoms with van der Waals surface area (Å²) in [5.41, 5.74) is 3.94. The average molecular weight is 484 g/mol. The highest BCUT2D eigenvalue weighted by molar-refractivity contribution is 14.0. The van der Waals surface area contributed by atoms with E-state index in [1.807, 2.05) is 14.0 Å². The Balaban J connectivity index is 0.00000243. The summed E-state index contributed by atoms with van der Waals surface area (Å²) in [6.45, 7) is 9.36. The molecular formula is C20H29IN4S. The average Bonchev–Trinajstić information content (AvgIpc) is 3.28. The number of aromatic nitrogens is 1. The minimum atomic E-state index is 0. The SMILES string of the molecule is CN=C(NCc1sc(C)nc1C)NC1CC1c1ccc(C(C)C)cc1.I. The second-order valence-electron chi connectivity index (χ2n) is 7.08. The van der Waals surface area contributed by atoms with Crippen molar-refractivity contribution >= 4 is 41.3 Å². The fourth-order valence-electron chi connectivity index (χ4n) is 3.12. The van der Waals surface area contributed by atoms with Crippen LogP contribution < -0.4 is 10.6 Å². The van der Waals surface area contributed by atoms with E-state index in [9.17, 15) is 0 Å². The Morgan fingerprint density at radius 1 is 1.27 bits per heavy atom. The van der Waals surface area contributed by atoms with Crippen LogP contribution in [-0.4, -0.2) is 24.0 Å². The van der Waals surface area contributed by atoms with Gasteiger partial charge in [-0.15, -0.1) is 35.3 Å². The minimum absolute atomic E-state index is 0. The third-order valence-electron chi connectivity index (χ3n) is 4.78. The molecule has 0 saturated heterocycles. The minimum Gasteiger partial charge on any atom is -0.353 e. The number of hydrogen-bond donors (Lipinski definition) is 2. The number of guanidine groups is 1. The highest BCUT2D eigenvalue weighted by Gasteiger charge is 2.38. The van der Waals surface area contributed by atoms with Crippen molar-refractivity contribution in [3.8, 4) is 0 Å². The Morgan fingerprint density at radius 2 is 1.96 bits per heavy atom. The van der Waals surface area contributed by atoms with Crippen molar-refractivity contribution in [3.63, 3.8) is 0 Å². The number of hydrogen-bond acceptors (Lipinski definition) is 3. The van der Waals surface area contributed by atoms with Crippen molar-refractivity contribution in [3.05, 3.63) is 51.0 Å². The number of nitrogens with zero attached hydrogens (tertiary/aromatic N) is 2. The predicted molar refractivity (Wildman–Crippen MR) is 122 cm³/mol. The zero-order valence-electron chi connectivity index (χ0n) is 16.2. The lowest BCUT2D eigenvalue weighted by Gasteiger charge is -2.12. The molecule has 2 N–H and O–H groups in total. The van der Waals surface area contributed by atoms with Gasteiger partial charge in [0, 0.05) is 23.9 Å². The number of benzene rings is 1. The predicted octanol–water partition coefficient (Wildman–Crippen LogP) is 4.72. The molecule has 1 saturated carbocycles. The number of nitrogens with one attached hydrogen (secondary N) is 2. The van der Waals surface area contributed by atoms with Gasteiger partial charge in [0.2, 0.25) is 0 Å². The smallest absolute Gasteiger partial charge is 0.191 e. The molecule has 0 amide bonds. The quantitative estimate of drug-likeness (QED) is 0.367. The standard InChI is InChI=1S/C20H28N4S.HI/c1-12(2)15-6-8-16(9-7-15)17-10-18(17)24-20(21-5)22-11-19-13(3)23-14(4)25-19;/h6-9,12,17-18H,10-11H2,1-5H3,(H2,21,22,24);1H. The van der Waals surface area contributed by atoms with Gasteiger partial charge in [-0.2, -0.15) is 0 Å². The van der Waals surface area contributed by atoms with Crippen molar-refractivity contribution in [2.45, 2.75) is 58.5 Å². The van der Waals surface area contributed by atoms with Crippen molar-refractivity contribution < 1.29 is 0 Å². The molecule has 142 valence electrons. The number of halogens is 1. The summed E-state index contributed by atoms with van der Waals surface area (Å²) >= 11 is 1.75. The van der Waals surface area contributed by atoms with Crippen LogP contribution >= 0.6 is 35.3 Å². The first-order valence-electron chi connectivity index (χ1n) is 8.98. The molecule has 1 fully saturated rings. The molecule has 3 rings (SSSR count). The number of thiazole rings is 1. The first-order chi connectivity index (χ1) is 12.0. The van der Waals surface area contributed by atoms with Crippen LogP contribution in [0.25, 0.3) is 0 Å². The van der Waals surface area contributed by atoms with Gasteiger partial charge in [-0.1, -0.05) is 38.1 Å². The number of rotatable bonds is 5. The third-order valence-corrected chi connectivity index (χ3v) is 5.86. The van der Waals surface area contributed by atoms with Gasteiger partial charge in [0.1, 0.15) is 0 Å². The van der Waals surface area contributed by atoms with Gasteiger partial charge in [0.15, 0.2) is 5.96 Å². The normalized spacial score (nSPS) is 19.2. The van der Waals surface area contributed by atoms with Gasteiger partial charge in [0.05, 0.1) is 17.2 Å². The summed E-state index contributed by atoms with van der Waals surface area (Å²) < 4.78 is 0. The Hall–Kier alpha value is -1.15. The van der Waals surface area contributed by atoms with Crippen LogP contribution in [-0.2, 0) is 6.54 Å². The highest BCUT2D eigenvalue weighted by atomic mass is 127. The maximum Gasteiger partial charge on any atom is 0.191 e. The number of aryl methyl sites for hydroxylation is 2. The van der Waals surface area contributed by atoms with Crippen molar-refractivity contribution in [2.75, 3.05) is 7.05 Å². The lowest BCUT2D eigenvalue weighted by Crippen LogP contribution is -2.38. The summed E-state index contributed by atoms with van der Waals surface area (Å²) in [4.78, 5) is 10.1. The molecule has 0 bridgehead atoms. The summed E-state index contributed by atoms with van der Waals surface area (Å²) in [6.07, 6.45) is 1.17. The molecule has 2 aromatic rings. The first kappa shape index (κ1) is 21.2. The van der Waals surface area contributed by atoms with Crippen LogP contribution in [0.2, 0.25) is 0 Å². The first-order valence-corrected chi connectivity index (χ1v) is 9.79. The van der Waals surface area contributed by atoms with Gasteiger partial charge >= 0.3 is 0 Å². The second kappa shape index (κ2) is 9.17. The molecule has 2 unspecified atom stereocenters. The monoisotopic (exact) mass is 484 g/mol. The van der Waals surface area contributed by atoms with E-state index in [1.165, 1.54) is 22.4 Å². The Labute approximate surface area is 177 Å². The highest BCUT2D eigenvalue weighted by Crippen LogP contribution is 2.41. The molecule has 1 aliphatic carbocycles. The van der Waals surface area contributed by atoms with E-state index >= 15 is 0 Å². The molecule has 0 radical (unpaired) electrons. The fourth-order valence-corrected chi connectivity index (χ4v) is 4.00.